The highest BCUT2D eigenvalue weighted by Crippen LogP contribution is 2.29. The maximum atomic E-state index is 12.8. The van der Waals surface area contributed by atoms with Gasteiger partial charge in [0.1, 0.15) is 5.75 Å². The number of benzene rings is 3. The van der Waals surface area contributed by atoms with Crippen LogP contribution in [0.15, 0.2) is 65.8 Å². The van der Waals surface area contributed by atoms with Crippen LogP contribution in [0.4, 0.5) is 13.2 Å². The zero-order valence-electron chi connectivity index (χ0n) is 15.7. The van der Waals surface area contributed by atoms with Crippen LogP contribution >= 0.6 is 0 Å². The van der Waals surface area contributed by atoms with E-state index in [2.05, 4.69) is 10.5 Å². The van der Waals surface area contributed by atoms with Crippen LogP contribution in [0.3, 0.4) is 0 Å². The molecule has 0 spiro atoms. The first-order chi connectivity index (χ1) is 13.9. The lowest BCUT2D eigenvalue weighted by molar-refractivity contribution is -0.137. The van der Waals surface area contributed by atoms with Crippen molar-refractivity contribution in [2.75, 3.05) is 6.61 Å². The molecular formula is C22H19F3N2O2. The maximum absolute atomic E-state index is 12.8. The molecule has 0 heterocycles. The van der Waals surface area contributed by atoms with E-state index in [4.69, 9.17) is 4.74 Å². The lowest BCUT2D eigenvalue weighted by Gasteiger charge is -2.10. The molecule has 0 aliphatic rings. The van der Waals surface area contributed by atoms with E-state index in [1.165, 1.54) is 18.3 Å². The second-order valence-corrected chi connectivity index (χ2v) is 6.30. The predicted octanol–water partition coefficient (Wildman–Crippen LogP) is 4.95. The Hall–Kier alpha value is -3.35. The lowest BCUT2D eigenvalue weighted by Crippen LogP contribution is -2.20. The molecule has 0 fully saturated rings. The summed E-state index contributed by atoms with van der Waals surface area (Å²) in [6.45, 7) is 2.34. The first kappa shape index (κ1) is 20.4. The molecule has 4 nitrogen and oxygen atoms in total. The first-order valence-electron chi connectivity index (χ1n) is 9.01. The van der Waals surface area contributed by atoms with Crippen LogP contribution in [0.5, 0.6) is 5.75 Å². The molecule has 3 aromatic carbocycles. The molecule has 0 atom stereocenters. The Morgan fingerprint density at radius 1 is 1.10 bits per heavy atom. The van der Waals surface area contributed by atoms with Gasteiger partial charge in [-0.1, -0.05) is 48.5 Å². The first-order valence-corrected chi connectivity index (χ1v) is 9.01. The largest absolute Gasteiger partial charge is 0.493 e. The summed E-state index contributed by atoms with van der Waals surface area (Å²) in [5, 5.41) is 5.88. The SMILES string of the molecule is CCOc1ccc2ccccc2c1/C=N\NC(=O)Cc1cccc(C(F)(F)F)c1. The van der Waals surface area contributed by atoms with Crippen LogP contribution in [0.2, 0.25) is 0 Å². The third-order valence-electron chi connectivity index (χ3n) is 4.23. The summed E-state index contributed by atoms with van der Waals surface area (Å²) >= 11 is 0. The molecule has 0 aliphatic heterocycles. The summed E-state index contributed by atoms with van der Waals surface area (Å²) in [6, 6.07) is 16.1. The van der Waals surface area contributed by atoms with Crippen molar-refractivity contribution in [3.8, 4) is 5.75 Å². The fourth-order valence-corrected chi connectivity index (χ4v) is 2.94. The molecule has 0 radical (unpaired) electrons. The van der Waals surface area contributed by atoms with Crippen molar-refractivity contribution in [3.05, 3.63) is 77.4 Å². The van der Waals surface area contributed by atoms with Gasteiger partial charge in [-0.2, -0.15) is 18.3 Å². The van der Waals surface area contributed by atoms with Crippen LogP contribution in [-0.4, -0.2) is 18.7 Å². The number of hydrogen-bond acceptors (Lipinski definition) is 3. The van der Waals surface area contributed by atoms with Gasteiger partial charge >= 0.3 is 6.18 Å². The van der Waals surface area contributed by atoms with Gasteiger partial charge in [-0.25, -0.2) is 5.43 Å². The molecule has 0 saturated carbocycles. The number of carbonyl (C=O) groups is 1. The molecule has 0 aromatic heterocycles. The van der Waals surface area contributed by atoms with Gasteiger partial charge < -0.3 is 4.74 Å². The van der Waals surface area contributed by atoms with Crippen molar-refractivity contribution < 1.29 is 22.7 Å². The summed E-state index contributed by atoms with van der Waals surface area (Å²) in [5.74, 6) is 0.112. The summed E-state index contributed by atoms with van der Waals surface area (Å²) in [7, 11) is 0. The predicted molar refractivity (Wildman–Crippen MR) is 106 cm³/mol. The van der Waals surface area contributed by atoms with E-state index in [0.717, 1.165) is 22.9 Å². The van der Waals surface area contributed by atoms with E-state index in [9.17, 15) is 18.0 Å². The normalized spacial score (nSPS) is 11.7. The summed E-state index contributed by atoms with van der Waals surface area (Å²) in [6.07, 6.45) is -3.18. The Bertz CT molecular complexity index is 1050. The van der Waals surface area contributed by atoms with E-state index in [0.29, 0.717) is 17.9 Å². The van der Waals surface area contributed by atoms with Gasteiger partial charge in [0.05, 0.1) is 24.8 Å². The number of hydrazone groups is 1. The smallest absolute Gasteiger partial charge is 0.416 e. The van der Waals surface area contributed by atoms with Gasteiger partial charge in [0.2, 0.25) is 5.91 Å². The fourth-order valence-electron chi connectivity index (χ4n) is 2.94. The highest BCUT2D eigenvalue weighted by atomic mass is 19.4. The molecule has 1 amide bonds. The van der Waals surface area contributed by atoms with Gasteiger partial charge in [-0.3, -0.25) is 4.79 Å². The van der Waals surface area contributed by atoms with Crippen molar-refractivity contribution in [1.29, 1.82) is 0 Å². The summed E-state index contributed by atoms with van der Waals surface area (Å²) < 4.78 is 44.0. The zero-order chi connectivity index (χ0) is 20.9. The molecule has 29 heavy (non-hydrogen) atoms. The quantitative estimate of drug-likeness (QED) is 0.470. The van der Waals surface area contributed by atoms with Crippen molar-refractivity contribution >= 4 is 22.9 Å². The average Bonchev–Trinajstić information content (AvgIpc) is 2.69. The maximum Gasteiger partial charge on any atom is 0.416 e. The van der Waals surface area contributed by atoms with Crippen molar-refractivity contribution in [3.63, 3.8) is 0 Å². The number of carbonyl (C=O) groups excluding carboxylic acids is 1. The monoisotopic (exact) mass is 400 g/mol. The second kappa shape index (κ2) is 8.77. The minimum absolute atomic E-state index is 0.213. The third kappa shape index (κ3) is 5.13. The number of alkyl halides is 3. The van der Waals surface area contributed by atoms with Crippen LogP contribution in [0, 0.1) is 0 Å². The molecule has 7 heteroatoms. The average molecular weight is 400 g/mol. The number of rotatable bonds is 6. The Morgan fingerprint density at radius 2 is 1.90 bits per heavy atom. The van der Waals surface area contributed by atoms with Crippen molar-refractivity contribution in [2.24, 2.45) is 5.10 Å². The van der Waals surface area contributed by atoms with Crippen molar-refractivity contribution in [2.45, 2.75) is 19.5 Å². The second-order valence-electron chi connectivity index (χ2n) is 6.30. The van der Waals surface area contributed by atoms with Crippen LogP contribution in [-0.2, 0) is 17.4 Å². The number of fused-ring (bicyclic) bond motifs is 1. The molecule has 3 rings (SSSR count). The Kier molecular flexibility index (Phi) is 6.16. The molecular weight excluding hydrogens is 381 g/mol. The standard InChI is InChI=1S/C22H19F3N2O2/c1-2-29-20-11-10-16-7-3-4-9-18(16)19(20)14-26-27-21(28)13-15-6-5-8-17(12-15)22(23,24)25/h3-12,14H,2,13H2,1H3,(H,27,28)/b26-14-. The highest BCUT2D eigenvalue weighted by molar-refractivity contribution is 6.02. The topological polar surface area (TPSA) is 50.7 Å². The van der Waals surface area contributed by atoms with Gasteiger partial charge in [-0.15, -0.1) is 0 Å². The summed E-state index contributed by atoms with van der Waals surface area (Å²) in [5.41, 5.74) is 2.55. The molecule has 1 N–H and O–H groups in total. The Labute approximate surface area is 166 Å². The zero-order valence-corrected chi connectivity index (χ0v) is 15.7. The van der Waals surface area contributed by atoms with E-state index >= 15 is 0 Å². The number of ether oxygens (including phenoxy) is 1. The van der Waals surface area contributed by atoms with E-state index < -0.39 is 17.6 Å². The number of nitrogens with one attached hydrogen (secondary N) is 1. The Morgan fingerprint density at radius 3 is 2.66 bits per heavy atom. The number of halogens is 3. The summed E-state index contributed by atoms with van der Waals surface area (Å²) in [4.78, 5) is 12.1. The van der Waals surface area contributed by atoms with Gasteiger partial charge in [0.15, 0.2) is 0 Å². The third-order valence-corrected chi connectivity index (χ3v) is 4.23. The molecule has 3 aromatic rings. The van der Waals surface area contributed by atoms with Gasteiger partial charge in [-0.05, 0) is 35.4 Å². The van der Waals surface area contributed by atoms with Crippen LogP contribution < -0.4 is 10.2 Å². The molecule has 0 unspecified atom stereocenters. The fraction of sp³-hybridized carbons (Fsp3) is 0.182. The van der Waals surface area contributed by atoms with E-state index in [1.54, 1.807) is 0 Å². The van der Waals surface area contributed by atoms with Gasteiger partial charge in [0, 0.05) is 5.56 Å². The highest BCUT2D eigenvalue weighted by Gasteiger charge is 2.30. The number of hydrogen-bond donors (Lipinski definition) is 1. The lowest BCUT2D eigenvalue weighted by atomic mass is 10.0. The Balaban J connectivity index is 1.75. The minimum atomic E-state index is -4.45. The number of amides is 1. The van der Waals surface area contributed by atoms with E-state index in [-0.39, 0.29) is 12.0 Å². The molecule has 150 valence electrons. The molecule has 0 bridgehead atoms. The number of nitrogens with zero attached hydrogens (tertiary/aromatic N) is 1. The van der Waals surface area contributed by atoms with Gasteiger partial charge in [0.25, 0.3) is 0 Å². The molecule has 0 saturated heterocycles. The van der Waals surface area contributed by atoms with Crippen LogP contribution in [0.1, 0.15) is 23.6 Å². The van der Waals surface area contributed by atoms with E-state index in [1.807, 2.05) is 43.3 Å². The molecule has 0 aliphatic carbocycles. The van der Waals surface area contributed by atoms with Crippen molar-refractivity contribution in [1.82, 2.24) is 5.43 Å². The minimum Gasteiger partial charge on any atom is -0.493 e. The van der Waals surface area contributed by atoms with Crippen LogP contribution in [0.25, 0.3) is 10.8 Å².